The number of imide groups is 1. The van der Waals surface area contributed by atoms with E-state index in [2.05, 4.69) is 10.3 Å². The van der Waals surface area contributed by atoms with Crippen LogP contribution in [0.4, 0.5) is 5.69 Å². The van der Waals surface area contributed by atoms with E-state index in [1.807, 2.05) is 0 Å². The molecule has 10 nitrogen and oxygen atoms in total. The lowest BCUT2D eigenvalue weighted by Crippen LogP contribution is -2.26. The van der Waals surface area contributed by atoms with Crippen molar-refractivity contribution in [3.63, 3.8) is 0 Å². The van der Waals surface area contributed by atoms with E-state index < -0.39 is 29.6 Å². The fourth-order valence-corrected chi connectivity index (χ4v) is 3.87. The monoisotopic (exact) mass is 442 g/mol. The van der Waals surface area contributed by atoms with Gasteiger partial charge < -0.3 is 15.8 Å². The van der Waals surface area contributed by atoms with E-state index in [4.69, 9.17) is 10.5 Å². The minimum atomic E-state index is -0.792. The van der Waals surface area contributed by atoms with Gasteiger partial charge in [-0.15, -0.1) is 0 Å². The molecule has 0 radical (unpaired) electrons. The molecule has 1 aliphatic rings. The molecule has 31 heavy (non-hydrogen) atoms. The minimum absolute atomic E-state index is 0.0159. The number of primary amides is 1. The van der Waals surface area contributed by atoms with Gasteiger partial charge in [0.1, 0.15) is 5.03 Å². The molecule has 160 valence electrons. The summed E-state index contributed by atoms with van der Waals surface area (Å²) in [4.78, 5) is 64.5. The first-order valence-corrected chi connectivity index (χ1v) is 9.93. The van der Waals surface area contributed by atoms with E-state index in [-0.39, 0.29) is 28.8 Å². The normalized spacial score (nSPS) is 15.6. The lowest BCUT2D eigenvalue weighted by atomic mass is 10.2. The molecular weight excluding hydrogens is 424 g/mol. The molecule has 1 atom stereocenters. The quantitative estimate of drug-likeness (QED) is 0.473. The van der Waals surface area contributed by atoms with Gasteiger partial charge in [-0.3, -0.25) is 24.1 Å². The van der Waals surface area contributed by atoms with Crippen molar-refractivity contribution in [2.24, 2.45) is 5.73 Å². The van der Waals surface area contributed by atoms with Crippen molar-refractivity contribution in [3.05, 3.63) is 53.7 Å². The van der Waals surface area contributed by atoms with Gasteiger partial charge in [-0.05, 0) is 36.4 Å². The number of carbonyl (C=O) groups excluding carboxylic acids is 5. The number of nitrogens with zero attached hydrogens (tertiary/aromatic N) is 2. The molecule has 2 aromatic rings. The second-order valence-corrected chi connectivity index (χ2v) is 7.72. The van der Waals surface area contributed by atoms with E-state index in [1.54, 1.807) is 0 Å². The first-order chi connectivity index (χ1) is 14.8. The van der Waals surface area contributed by atoms with Gasteiger partial charge in [0, 0.05) is 30.9 Å². The van der Waals surface area contributed by atoms with Crippen LogP contribution in [0.25, 0.3) is 0 Å². The van der Waals surface area contributed by atoms with E-state index in [9.17, 15) is 24.0 Å². The number of aromatic nitrogens is 1. The van der Waals surface area contributed by atoms with E-state index in [1.165, 1.54) is 49.6 Å². The fraction of sp³-hybridized carbons (Fsp3) is 0.200. The Kier molecular flexibility index (Phi) is 6.65. The van der Waals surface area contributed by atoms with Gasteiger partial charge in [0.25, 0.3) is 5.91 Å². The van der Waals surface area contributed by atoms with Crippen molar-refractivity contribution in [2.45, 2.75) is 16.7 Å². The van der Waals surface area contributed by atoms with Crippen LogP contribution in [0.2, 0.25) is 0 Å². The summed E-state index contributed by atoms with van der Waals surface area (Å²) in [6.07, 6.45) is 1.47. The Hall–Kier alpha value is -3.73. The van der Waals surface area contributed by atoms with Crippen LogP contribution < -0.4 is 11.1 Å². The minimum Gasteiger partial charge on any atom is -0.452 e. The van der Waals surface area contributed by atoms with Crippen molar-refractivity contribution < 1.29 is 28.7 Å². The Labute approximate surface area is 181 Å². The van der Waals surface area contributed by atoms with E-state index >= 15 is 0 Å². The topological polar surface area (TPSA) is 149 Å². The molecule has 1 aromatic carbocycles. The van der Waals surface area contributed by atoms with Crippen LogP contribution in [0.3, 0.4) is 0 Å². The number of anilines is 1. The van der Waals surface area contributed by atoms with Gasteiger partial charge in [0.05, 0.1) is 10.8 Å². The third kappa shape index (κ3) is 5.25. The molecule has 4 amide bonds. The summed E-state index contributed by atoms with van der Waals surface area (Å²) in [5.74, 6) is -2.63. The Morgan fingerprint density at radius 1 is 1.23 bits per heavy atom. The molecule has 3 N–H and O–H groups in total. The zero-order valence-electron chi connectivity index (χ0n) is 16.4. The van der Waals surface area contributed by atoms with Crippen LogP contribution >= 0.6 is 11.8 Å². The van der Waals surface area contributed by atoms with Gasteiger partial charge in [-0.1, -0.05) is 11.8 Å². The third-order valence-corrected chi connectivity index (χ3v) is 5.57. The highest BCUT2D eigenvalue weighted by Crippen LogP contribution is 2.31. The first kappa shape index (κ1) is 22.0. The predicted molar refractivity (Wildman–Crippen MR) is 110 cm³/mol. The molecule has 2 heterocycles. The lowest BCUT2D eigenvalue weighted by Gasteiger charge is -2.11. The maximum Gasteiger partial charge on any atom is 0.341 e. The molecule has 1 aliphatic heterocycles. The molecule has 1 saturated heterocycles. The zero-order valence-corrected chi connectivity index (χ0v) is 17.2. The largest absolute Gasteiger partial charge is 0.452 e. The number of benzene rings is 1. The Bertz CT molecular complexity index is 1060. The number of rotatable bonds is 7. The van der Waals surface area contributed by atoms with Crippen molar-refractivity contribution in [1.29, 1.82) is 0 Å². The Morgan fingerprint density at radius 2 is 1.94 bits per heavy atom. The summed E-state index contributed by atoms with van der Waals surface area (Å²) in [6, 6.07) is 8.88. The van der Waals surface area contributed by atoms with Crippen LogP contribution in [-0.2, 0) is 19.1 Å². The highest BCUT2D eigenvalue weighted by atomic mass is 32.2. The van der Waals surface area contributed by atoms with Gasteiger partial charge in [0.2, 0.25) is 17.7 Å². The molecule has 11 heteroatoms. The average molecular weight is 442 g/mol. The van der Waals surface area contributed by atoms with Crippen molar-refractivity contribution >= 4 is 47.0 Å². The highest BCUT2D eigenvalue weighted by Gasteiger charge is 2.37. The zero-order chi connectivity index (χ0) is 22.5. The van der Waals surface area contributed by atoms with Gasteiger partial charge in [0.15, 0.2) is 6.61 Å². The molecule has 1 fully saturated rings. The summed E-state index contributed by atoms with van der Waals surface area (Å²) in [6.45, 7) is -0.557. The van der Waals surface area contributed by atoms with Crippen molar-refractivity contribution in [2.75, 3.05) is 19.0 Å². The highest BCUT2D eigenvalue weighted by molar-refractivity contribution is 8.00. The van der Waals surface area contributed by atoms with Gasteiger partial charge in [-0.25, -0.2) is 9.78 Å². The average Bonchev–Trinajstić information content (AvgIpc) is 2.99. The summed E-state index contributed by atoms with van der Waals surface area (Å²) in [7, 11) is 1.40. The number of pyridine rings is 1. The number of nitrogens with one attached hydrogen (secondary N) is 1. The van der Waals surface area contributed by atoms with Gasteiger partial charge >= 0.3 is 5.97 Å². The summed E-state index contributed by atoms with van der Waals surface area (Å²) in [5.41, 5.74) is 5.93. The van der Waals surface area contributed by atoms with Crippen molar-refractivity contribution in [1.82, 2.24) is 9.88 Å². The number of hydrogen-bond acceptors (Lipinski definition) is 8. The van der Waals surface area contributed by atoms with Crippen LogP contribution in [-0.4, -0.2) is 58.4 Å². The number of ether oxygens (including phenoxy) is 1. The van der Waals surface area contributed by atoms with Crippen LogP contribution in [0.1, 0.15) is 27.1 Å². The summed E-state index contributed by atoms with van der Waals surface area (Å²) >= 11 is 1.000. The number of thioether (sulfide) groups is 1. The smallest absolute Gasteiger partial charge is 0.341 e. The lowest BCUT2D eigenvalue weighted by molar-refractivity contribution is -0.136. The first-order valence-electron chi connectivity index (χ1n) is 9.05. The SMILES string of the molecule is CN1C(=O)CC(Sc2ncccc2C(=O)OCC(=O)Nc2ccc(C(N)=O)cc2)C1=O. The van der Waals surface area contributed by atoms with Gasteiger partial charge in [-0.2, -0.15) is 0 Å². The Balaban J connectivity index is 1.59. The maximum absolute atomic E-state index is 12.5. The predicted octanol–water partition coefficient (Wildman–Crippen LogP) is 0.825. The molecule has 0 saturated carbocycles. The number of nitrogens with two attached hydrogens (primary N) is 1. The number of esters is 1. The number of likely N-dealkylation sites (tertiary alicyclic amines) is 1. The molecule has 0 bridgehead atoms. The van der Waals surface area contributed by atoms with Crippen LogP contribution in [0, 0.1) is 0 Å². The second kappa shape index (κ2) is 9.39. The number of amides is 4. The summed E-state index contributed by atoms with van der Waals surface area (Å²) < 4.78 is 5.06. The number of carbonyl (C=O) groups is 5. The summed E-state index contributed by atoms with van der Waals surface area (Å²) in [5, 5.41) is 2.08. The molecule has 1 unspecified atom stereocenters. The molecular formula is C20H18N4O6S. The maximum atomic E-state index is 12.5. The molecule has 3 rings (SSSR count). The standard InChI is InChI=1S/C20H18N4O6S/c1-24-16(26)9-14(19(24)28)31-18-13(3-2-8-22-18)20(29)30-10-15(25)23-12-6-4-11(5-7-12)17(21)27/h2-8,14H,9-10H2,1H3,(H2,21,27)(H,23,25). The third-order valence-electron chi connectivity index (χ3n) is 4.37. The molecule has 1 aromatic heterocycles. The second-order valence-electron chi connectivity index (χ2n) is 6.52. The van der Waals surface area contributed by atoms with Crippen molar-refractivity contribution in [3.8, 4) is 0 Å². The van der Waals surface area contributed by atoms with Crippen LogP contribution in [0.15, 0.2) is 47.6 Å². The van der Waals surface area contributed by atoms with E-state index in [0.717, 1.165) is 16.7 Å². The van der Waals surface area contributed by atoms with Crippen LogP contribution in [0.5, 0.6) is 0 Å². The molecule has 0 aliphatic carbocycles. The fourth-order valence-electron chi connectivity index (χ4n) is 2.71. The van der Waals surface area contributed by atoms with E-state index in [0.29, 0.717) is 11.3 Å². The molecule has 0 spiro atoms. The Morgan fingerprint density at radius 3 is 2.55 bits per heavy atom. The number of hydrogen-bond donors (Lipinski definition) is 2.